The van der Waals surface area contributed by atoms with E-state index in [2.05, 4.69) is 118 Å². The summed E-state index contributed by atoms with van der Waals surface area (Å²) in [5, 5.41) is 0. The van der Waals surface area contributed by atoms with Crippen LogP contribution in [0.15, 0.2) is 97.2 Å². The van der Waals surface area contributed by atoms with Crippen LogP contribution >= 0.6 is 0 Å². The van der Waals surface area contributed by atoms with Crippen molar-refractivity contribution in [2.24, 2.45) is 0 Å². The molecule has 0 saturated carbocycles. The molecular weight excluding hydrogens is 1010 g/mol. The molecule has 0 aromatic carbocycles. The summed E-state index contributed by atoms with van der Waals surface area (Å²) in [6.07, 6.45) is 94.2. The zero-order chi connectivity index (χ0) is 59.2. The van der Waals surface area contributed by atoms with Gasteiger partial charge in [-0.3, -0.25) is 14.4 Å². The van der Waals surface area contributed by atoms with Crippen molar-refractivity contribution in [3.05, 3.63) is 97.2 Å². The molecule has 0 amide bonds. The average molecular weight is 1140 g/mol. The van der Waals surface area contributed by atoms with Gasteiger partial charge in [0.2, 0.25) is 0 Å². The van der Waals surface area contributed by atoms with Gasteiger partial charge in [0.05, 0.1) is 0 Å². The summed E-state index contributed by atoms with van der Waals surface area (Å²) in [6.45, 7) is 6.54. The second kappa shape index (κ2) is 69.8. The van der Waals surface area contributed by atoms with Crippen LogP contribution in [0.5, 0.6) is 0 Å². The molecule has 472 valence electrons. The number of hydrogen-bond donors (Lipinski definition) is 0. The topological polar surface area (TPSA) is 78.9 Å². The van der Waals surface area contributed by atoms with E-state index in [0.717, 1.165) is 116 Å². The first-order valence-corrected chi connectivity index (χ1v) is 35.2. The predicted molar refractivity (Wildman–Crippen MR) is 357 cm³/mol. The Hall–Kier alpha value is -3.67. The third kappa shape index (κ3) is 67.1. The maximum absolute atomic E-state index is 13.0. The van der Waals surface area contributed by atoms with E-state index in [1.54, 1.807) is 0 Å². The fourth-order valence-electron chi connectivity index (χ4n) is 10.1. The Labute approximate surface area is 508 Å². The minimum Gasteiger partial charge on any atom is -0.462 e. The van der Waals surface area contributed by atoms with Crippen molar-refractivity contribution in [3.63, 3.8) is 0 Å². The fraction of sp³-hybridized carbons (Fsp3) is 0.750. The van der Waals surface area contributed by atoms with Crippen LogP contribution in [0.1, 0.15) is 348 Å². The molecule has 0 radical (unpaired) electrons. The second-order valence-corrected chi connectivity index (χ2v) is 23.4. The first kappa shape index (κ1) is 78.3. The Bertz CT molecular complexity index is 1590. The maximum Gasteiger partial charge on any atom is 0.306 e. The number of unbranched alkanes of at least 4 members (excludes halogenated alkanes) is 37. The lowest BCUT2D eigenvalue weighted by Gasteiger charge is -2.18. The summed E-state index contributed by atoms with van der Waals surface area (Å²) < 4.78 is 17.0. The van der Waals surface area contributed by atoms with Crippen molar-refractivity contribution in [1.29, 1.82) is 0 Å². The van der Waals surface area contributed by atoms with Crippen LogP contribution in [0.3, 0.4) is 0 Å². The summed E-state index contributed by atoms with van der Waals surface area (Å²) in [4.78, 5) is 38.5. The van der Waals surface area contributed by atoms with Gasteiger partial charge >= 0.3 is 17.9 Å². The lowest BCUT2D eigenvalue weighted by Crippen LogP contribution is -2.30. The number of ether oxygens (including phenoxy) is 3. The highest BCUT2D eigenvalue weighted by Crippen LogP contribution is 2.17. The molecule has 0 N–H and O–H groups in total. The Morgan fingerprint density at radius 3 is 0.756 bits per heavy atom. The molecule has 6 nitrogen and oxygen atoms in total. The summed E-state index contributed by atoms with van der Waals surface area (Å²) in [7, 11) is 0. The molecule has 0 rings (SSSR count). The molecule has 0 heterocycles. The van der Waals surface area contributed by atoms with Gasteiger partial charge in [0.25, 0.3) is 0 Å². The van der Waals surface area contributed by atoms with Gasteiger partial charge in [-0.05, 0) is 103 Å². The lowest BCUT2D eigenvalue weighted by atomic mass is 10.0. The van der Waals surface area contributed by atoms with Gasteiger partial charge in [-0.25, -0.2) is 0 Å². The van der Waals surface area contributed by atoms with E-state index in [1.807, 2.05) is 0 Å². The molecule has 1 atom stereocenters. The van der Waals surface area contributed by atoms with Crippen molar-refractivity contribution >= 4 is 17.9 Å². The van der Waals surface area contributed by atoms with Gasteiger partial charge in [-0.2, -0.15) is 0 Å². The van der Waals surface area contributed by atoms with Gasteiger partial charge in [-0.1, -0.05) is 323 Å². The van der Waals surface area contributed by atoms with Crippen LogP contribution in [0.2, 0.25) is 0 Å². The molecule has 0 saturated heterocycles. The molecule has 82 heavy (non-hydrogen) atoms. The highest BCUT2D eigenvalue weighted by Gasteiger charge is 2.19. The maximum atomic E-state index is 13.0. The first-order chi connectivity index (χ1) is 40.5. The molecule has 6 heteroatoms. The molecule has 0 aromatic heterocycles. The fourth-order valence-corrected chi connectivity index (χ4v) is 10.1. The van der Waals surface area contributed by atoms with Crippen molar-refractivity contribution < 1.29 is 28.6 Å². The number of carbonyl (C=O) groups is 3. The van der Waals surface area contributed by atoms with Crippen LogP contribution < -0.4 is 0 Å². The van der Waals surface area contributed by atoms with Crippen LogP contribution in [-0.2, 0) is 28.6 Å². The smallest absolute Gasteiger partial charge is 0.306 e. The second-order valence-electron chi connectivity index (χ2n) is 23.4. The number of esters is 3. The van der Waals surface area contributed by atoms with E-state index >= 15 is 0 Å². The van der Waals surface area contributed by atoms with E-state index in [9.17, 15) is 14.4 Å². The highest BCUT2D eigenvalue weighted by molar-refractivity contribution is 5.71. The number of allylic oxidation sites excluding steroid dienone is 16. The van der Waals surface area contributed by atoms with Crippen LogP contribution in [-0.4, -0.2) is 37.2 Å². The quantitative estimate of drug-likeness (QED) is 0.0261. The monoisotopic (exact) mass is 1140 g/mol. The summed E-state index contributed by atoms with van der Waals surface area (Å²) in [6, 6.07) is 0. The third-order valence-corrected chi connectivity index (χ3v) is 15.3. The predicted octanol–water partition coefficient (Wildman–Crippen LogP) is 24.4. The van der Waals surface area contributed by atoms with Crippen LogP contribution in [0.25, 0.3) is 0 Å². The van der Waals surface area contributed by atoms with Crippen molar-refractivity contribution in [2.45, 2.75) is 354 Å². The van der Waals surface area contributed by atoms with Crippen molar-refractivity contribution in [2.75, 3.05) is 13.2 Å². The summed E-state index contributed by atoms with van der Waals surface area (Å²) >= 11 is 0. The minimum atomic E-state index is -0.785. The standard InChI is InChI=1S/C76H132O6/c1-4-7-10-13-16-19-22-25-28-31-33-34-35-36-37-38-39-40-41-42-44-45-48-51-54-57-60-63-66-69-75(78)81-72-73(71-80-74(77)68-65-62-59-56-53-50-47-30-27-24-21-18-15-12-9-6-3)82-76(79)70-67-64-61-58-55-52-49-46-43-32-29-26-23-20-17-14-11-8-5-2/h7,10,16,19,21,24-25,28,30,33-34,36-37,39-40,47,73H,4-6,8-9,11-15,17-18,20,22-23,26-27,29,31-32,35,38,41-46,48-72H2,1-3H3/b10-7-,19-16-,24-21-,28-25-,34-33-,37-36-,40-39-,47-30-. The molecule has 0 aliphatic heterocycles. The van der Waals surface area contributed by atoms with Crippen LogP contribution in [0.4, 0.5) is 0 Å². The average Bonchev–Trinajstić information content (AvgIpc) is 3.47. The molecule has 0 aliphatic rings. The number of carbonyl (C=O) groups excluding carboxylic acids is 3. The van der Waals surface area contributed by atoms with Crippen molar-refractivity contribution in [1.82, 2.24) is 0 Å². The zero-order valence-electron chi connectivity index (χ0n) is 54.2. The molecule has 0 bridgehead atoms. The minimum absolute atomic E-state index is 0.0811. The zero-order valence-corrected chi connectivity index (χ0v) is 54.2. The molecular formula is C76H132O6. The third-order valence-electron chi connectivity index (χ3n) is 15.3. The van der Waals surface area contributed by atoms with E-state index in [0.29, 0.717) is 19.3 Å². The molecule has 0 spiro atoms. The van der Waals surface area contributed by atoms with Crippen molar-refractivity contribution in [3.8, 4) is 0 Å². The number of rotatable bonds is 64. The lowest BCUT2D eigenvalue weighted by molar-refractivity contribution is -0.167. The Kier molecular flexibility index (Phi) is 66.7. The van der Waals surface area contributed by atoms with Gasteiger partial charge < -0.3 is 14.2 Å². The van der Waals surface area contributed by atoms with Gasteiger partial charge in [0.1, 0.15) is 13.2 Å². The van der Waals surface area contributed by atoms with Crippen LogP contribution in [0, 0.1) is 0 Å². The van der Waals surface area contributed by atoms with Gasteiger partial charge in [-0.15, -0.1) is 0 Å². The normalized spacial score (nSPS) is 12.7. The van der Waals surface area contributed by atoms with E-state index < -0.39 is 6.10 Å². The molecule has 0 fully saturated rings. The van der Waals surface area contributed by atoms with Gasteiger partial charge in [0, 0.05) is 19.3 Å². The van der Waals surface area contributed by atoms with E-state index in [1.165, 1.54) is 193 Å². The number of hydrogen-bond acceptors (Lipinski definition) is 6. The van der Waals surface area contributed by atoms with E-state index in [-0.39, 0.29) is 31.1 Å². The Morgan fingerprint density at radius 1 is 0.256 bits per heavy atom. The Balaban J connectivity index is 4.32. The summed E-state index contributed by atoms with van der Waals surface area (Å²) in [5.41, 5.74) is 0. The molecule has 0 aromatic rings. The first-order valence-electron chi connectivity index (χ1n) is 35.2. The van der Waals surface area contributed by atoms with E-state index in [4.69, 9.17) is 14.2 Å². The largest absolute Gasteiger partial charge is 0.462 e. The summed E-state index contributed by atoms with van der Waals surface area (Å²) in [5.74, 6) is -0.880. The van der Waals surface area contributed by atoms with Gasteiger partial charge in [0.15, 0.2) is 6.10 Å². The molecule has 0 aliphatic carbocycles. The highest BCUT2D eigenvalue weighted by atomic mass is 16.6. The Morgan fingerprint density at radius 2 is 0.476 bits per heavy atom. The SMILES string of the molecule is CC/C=C\C/C=C\C/C=C\C/C=C\C/C=C\C/C=C\CCCCCCCCCCCCC(=O)OCC(COC(=O)CCCCCCC/C=C\C/C=C\CCCCCC)OC(=O)CCCCCCCCCCCCCCCCCCCCC. The molecule has 1 unspecified atom stereocenters.